The van der Waals surface area contributed by atoms with Crippen LogP contribution >= 0.6 is 0 Å². The number of hydrogen-bond donors (Lipinski definition) is 1. The lowest BCUT2D eigenvalue weighted by atomic mass is 9.86. The highest BCUT2D eigenvalue weighted by atomic mass is 16.5. The third-order valence-electron chi connectivity index (χ3n) is 3.55. The van der Waals surface area contributed by atoms with E-state index >= 15 is 0 Å². The van der Waals surface area contributed by atoms with Crippen molar-refractivity contribution in [2.75, 3.05) is 7.05 Å². The van der Waals surface area contributed by atoms with E-state index in [1.165, 1.54) is 11.1 Å². The van der Waals surface area contributed by atoms with Gasteiger partial charge in [-0.2, -0.15) is 0 Å². The molecule has 0 saturated heterocycles. The van der Waals surface area contributed by atoms with Crippen LogP contribution in [0.2, 0.25) is 0 Å². The van der Waals surface area contributed by atoms with Gasteiger partial charge in [0.2, 0.25) is 0 Å². The van der Waals surface area contributed by atoms with E-state index in [0.717, 1.165) is 23.6 Å². The van der Waals surface area contributed by atoms with Crippen molar-refractivity contribution in [2.24, 2.45) is 0 Å². The summed E-state index contributed by atoms with van der Waals surface area (Å²) in [5.74, 6) is 1.87. The summed E-state index contributed by atoms with van der Waals surface area (Å²) in [6, 6.07) is 14.6. The number of rotatable bonds is 4. The summed E-state index contributed by atoms with van der Waals surface area (Å²) in [6.45, 7) is 9.55. The van der Waals surface area contributed by atoms with Crippen LogP contribution in [0.3, 0.4) is 0 Å². The molecule has 2 heteroatoms. The zero-order valence-electron chi connectivity index (χ0n) is 13.7. The fraction of sp³-hybridized carbons (Fsp3) is 0.368. The first-order chi connectivity index (χ1) is 9.91. The molecule has 21 heavy (non-hydrogen) atoms. The molecular weight excluding hydrogens is 258 g/mol. The van der Waals surface area contributed by atoms with E-state index in [0.29, 0.717) is 0 Å². The lowest BCUT2D eigenvalue weighted by Crippen LogP contribution is -2.12. The summed E-state index contributed by atoms with van der Waals surface area (Å²) in [5, 5.41) is 3.17. The van der Waals surface area contributed by atoms with Crippen molar-refractivity contribution in [1.82, 2.24) is 5.32 Å². The van der Waals surface area contributed by atoms with Crippen LogP contribution in [0.4, 0.5) is 0 Å². The third kappa shape index (κ3) is 3.85. The van der Waals surface area contributed by atoms with Gasteiger partial charge in [-0.1, -0.05) is 51.1 Å². The van der Waals surface area contributed by atoms with Crippen LogP contribution in [0.5, 0.6) is 11.5 Å². The van der Waals surface area contributed by atoms with E-state index in [1.807, 2.05) is 19.2 Å². The maximum Gasteiger partial charge on any atom is 0.131 e. The van der Waals surface area contributed by atoms with E-state index < -0.39 is 0 Å². The number of nitrogens with one attached hydrogen (secondary N) is 1. The summed E-state index contributed by atoms with van der Waals surface area (Å²) in [6.07, 6.45) is 0. The maximum atomic E-state index is 6.23. The van der Waals surface area contributed by atoms with Gasteiger partial charge in [-0.3, -0.25) is 0 Å². The monoisotopic (exact) mass is 283 g/mol. The molecule has 0 radical (unpaired) electrons. The molecular formula is C19H25NO. The van der Waals surface area contributed by atoms with Gasteiger partial charge in [0.15, 0.2) is 0 Å². The van der Waals surface area contributed by atoms with Crippen molar-refractivity contribution in [3.8, 4) is 11.5 Å². The van der Waals surface area contributed by atoms with Gasteiger partial charge in [0.05, 0.1) is 0 Å². The Bertz CT molecular complexity index is 611. The van der Waals surface area contributed by atoms with Crippen LogP contribution in [0.15, 0.2) is 42.5 Å². The van der Waals surface area contributed by atoms with Crippen LogP contribution in [-0.4, -0.2) is 7.05 Å². The second-order valence-electron chi connectivity index (χ2n) is 6.48. The van der Waals surface area contributed by atoms with Gasteiger partial charge in [-0.25, -0.2) is 0 Å². The molecule has 0 spiro atoms. The molecule has 0 amide bonds. The highest BCUT2D eigenvalue weighted by Crippen LogP contribution is 2.35. The molecule has 0 unspecified atom stereocenters. The molecule has 0 atom stereocenters. The molecule has 0 aliphatic heterocycles. The van der Waals surface area contributed by atoms with Crippen molar-refractivity contribution >= 4 is 0 Å². The van der Waals surface area contributed by atoms with Crippen molar-refractivity contribution in [2.45, 2.75) is 39.7 Å². The predicted octanol–water partition coefficient (Wildman–Crippen LogP) is 4.80. The molecule has 0 heterocycles. The fourth-order valence-electron chi connectivity index (χ4n) is 2.36. The molecule has 112 valence electrons. The van der Waals surface area contributed by atoms with Gasteiger partial charge in [0.1, 0.15) is 11.5 Å². The topological polar surface area (TPSA) is 21.3 Å². The molecule has 2 aromatic rings. The Morgan fingerprint density at radius 3 is 2.38 bits per heavy atom. The van der Waals surface area contributed by atoms with Crippen LogP contribution in [-0.2, 0) is 12.0 Å². The first-order valence-electron chi connectivity index (χ1n) is 7.43. The van der Waals surface area contributed by atoms with Crippen molar-refractivity contribution in [1.29, 1.82) is 0 Å². The van der Waals surface area contributed by atoms with Crippen molar-refractivity contribution in [3.63, 3.8) is 0 Å². The van der Waals surface area contributed by atoms with Crippen LogP contribution < -0.4 is 10.1 Å². The standard InChI is InChI=1S/C19H25NO/c1-14-10-11-15(13-20-5)12-18(14)21-17-9-7-6-8-16(17)19(2,3)4/h6-12,20H,13H2,1-5H3. The lowest BCUT2D eigenvalue weighted by Gasteiger charge is -2.23. The average Bonchev–Trinajstić information content (AvgIpc) is 2.42. The summed E-state index contributed by atoms with van der Waals surface area (Å²) in [7, 11) is 1.95. The Labute approximate surface area is 128 Å². The van der Waals surface area contributed by atoms with Gasteiger partial charge in [0.25, 0.3) is 0 Å². The second kappa shape index (κ2) is 6.31. The van der Waals surface area contributed by atoms with E-state index in [4.69, 9.17) is 4.74 Å². The van der Waals surface area contributed by atoms with Gasteiger partial charge in [-0.15, -0.1) is 0 Å². The van der Waals surface area contributed by atoms with Crippen LogP contribution in [0.1, 0.15) is 37.5 Å². The summed E-state index contributed by atoms with van der Waals surface area (Å²) in [4.78, 5) is 0. The summed E-state index contributed by atoms with van der Waals surface area (Å²) < 4.78 is 6.23. The second-order valence-corrected chi connectivity index (χ2v) is 6.48. The highest BCUT2D eigenvalue weighted by Gasteiger charge is 2.19. The third-order valence-corrected chi connectivity index (χ3v) is 3.55. The van der Waals surface area contributed by atoms with Gasteiger partial charge >= 0.3 is 0 Å². The molecule has 0 saturated carbocycles. The van der Waals surface area contributed by atoms with E-state index in [9.17, 15) is 0 Å². The fourth-order valence-corrected chi connectivity index (χ4v) is 2.36. The first-order valence-corrected chi connectivity index (χ1v) is 7.43. The van der Waals surface area contributed by atoms with Crippen molar-refractivity contribution in [3.05, 3.63) is 59.2 Å². The zero-order valence-corrected chi connectivity index (χ0v) is 13.7. The number of benzene rings is 2. The Hall–Kier alpha value is -1.80. The highest BCUT2D eigenvalue weighted by molar-refractivity contribution is 5.44. The number of aryl methyl sites for hydroxylation is 1. The Morgan fingerprint density at radius 2 is 1.71 bits per heavy atom. The maximum absolute atomic E-state index is 6.23. The van der Waals surface area contributed by atoms with Gasteiger partial charge in [-0.05, 0) is 42.6 Å². The normalized spacial score (nSPS) is 11.5. The van der Waals surface area contributed by atoms with Crippen molar-refractivity contribution < 1.29 is 4.74 Å². The molecule has 2 rings (SSSR count). The van der Waals surface area contributed by atoms with E-state index in [1.54, 1.807) is 0 Å². The predicted molar refractivity (Wildman–Crippen MR) is 89.2 cm³/mol. The Kier molecular flexibility index (Phi) is 4.69. The summed E-state index contributed by atoms with van der Waals surface area (Å²) >= 11 is 0. The minimum Gasteiger partial charge on any atom is -0.457 e. The molecule has 0 aliphatic carbocycles. The number of ether oxygens (including phenoxy) is 1. The molecule has 2 nitrogen and oxygen atoms in total. The van der Waals surface area contributed by atoms with E-state index in [-0.39, 0.29) is 5.41 Å². The smallest absolute Gasteiger partial charge is 0.131 e. The Morgan fingerprint density at radius 1 is 1.00 bits per heavy atom. The molecule has 1 N–H and O–H groups in total. The molecule has 0 aliphatic rings. The van der Waals surface area contributed by atoms with Gasteiger partial charge < -0.3 is 10.1 Å². The largest absolute Gasteiger partial charge is 0.457 e. The molecule has 0 aromatic heterocycles. The molecule has 0 fully saturated rings. The lowest BCUT2D eigenvalue weighted by molar-refractivity contribution is 0.452. The minimum atomic E-state index is 0.0626. The van der Waals surface area contributed by atoms with Gasteiger partial charge in [0, 0.05) is 12.1 Å². The summed E-state index contributed by atoms with van der Waals surface area (Å²) in [5.41, 5.74) is 3.67. The SMILES string of the molecule is CNCc1ccc(C)c(Oc2ccccc2C(C)(C)C)c1. The number of hydrogen-bond acceptors (Lipinski definition) is 2. The first kappa shape index (κ1) is 15.6. The Balaban J connectivity index is 2.36. The van der Waals surface area contributed by atoms with Crippen LogP contribution in [0.25, 0.3) is 0 Å². The molecule has 2 aromatic carbocycles. The zero-order chi connectivity index (χ0) is 15.5. The quantitative estimate of drug-likeness (QED) is 0.870. The van der Waals surface area contributed by atoms with E-state index in [2.05, 4.69) is 63.3 Å². The minimum absolute atomic E-state index is 0.0626. The average molecular weight is 283 g/mol. The van der Waals surface area contributed by atoms with Crippen LogP contribution in [0, 0.1) is 6.92 Å². The molecule has 0 bridgehead atoms. The number of para-hydroxylation sites is 1.